The number of carbonyl (C=O) groups is 1. The molecule has 0 unspecified atom stereocenters. The Hall–Kier alpha value is -0.465. The van der Waals surface area contributed by atoms with Crippen LogP contribution in [0.5, 0.6) is 0 Å². The van der Waals surface area contributed by atoms with Gasteiger partial charge >= 0.3 is 0 Å². The lowest BCUT2D eigenvalue weighted by Crippen LogP contribution is -2.35. The lowest BCUT2D eigenvalue weighted by atomic mass is 9.82. The Morgan fingerprint density at radius 1 is 1.38 bits per heavy atom. The monoisotopic (exact) mass is 179 g/mol. The number of hydrogen-bond donors (Lipinski definition) is 0. The molecule has 2 nitrogen and oxygen atoms in total. The van der Waals surface area contributed by atoms with Crippen molar-refractivity contribution in [3.63, 3.8) is 0 Å². The molecule has 0 aliphatic heterocycles. The first kappa shape index (κ1) is 10.6. The molecule has 0 atom stereocenters. The lowest BCUT2D eigenvalue weighted by molar-refractivity contribution is -0.131. The minimum atomic E-state index is 0.134. The summed E-state index contributed by atoms with van der Waals surface area (Å²) < 4.78 is 0. The Kier molecular flexibility index (Phi) is 3.82. The standard InChI is InChI=1S/C10H18BNO/c1-3-12(11)10(13)9-6-4-8(2)5-7-9/h8-9H,3-7H2,1-2H3. The molecular weight excluding hydrogens is 161 g/mol. The number of amides is 1. The van der Waals surface area contributed by atoms with E-state index >= 15 is 0 Å². The molecule has 1 rings (SSSR count). The van der Waals surface area contributed by atoms with Gasteiger partial charge in [0.05, 0.1) is 0 Å². The van der Waals surface area contributed by atoms with Gasteiger partial charge in [0.15, 0.2) is 0 Å². The number of carbonyl (C=O) groups excluding carboxylic acids is 1. The molecule has 1 amide bonds. The van der Waals surface area contributed by atoms with Crippen LogP contribution in [0.25, 0.3) is 0 Å². The molecule has 0 aromatic rings. The average Bonchev–Trinajstić information content (AvgIpc) is 2.17. The highest BCUT2D eigenvalue weighted by atomic mass is 16.2. The van der Waals surface area contributed by atoms with Crippen LogP contribution in [0.2, 0.25) is 0 Å². The first-order valence-electron chi connectivity index (χ1n) is 5.21. The average molecular weight is 179 g/mol. The van der Waals surface area contributed by atoms with Gasteiger partial charge in [0.25, 0.3) is 0 Å². The van der Waals surface area contributed by atoms with Gasteiger partial charge in [-0.05, 0) is 38.5 Å². The van der Waals surface area contributed by atoms with Crippen LogP contribution in [0.15, 0.2) is 0 Å². The summed E-state index contributed by atoms with van der Waals surface area (Å²) in [5.41, 5.74) is 0. The molecule has 1 aliphatic rings. The fraction of sp³-hybridized carbons (Fsp3) is 0.900. The quantitative estimate of drug-likeness (QED) is 0.591. The first-order chi connectivity index (χ1) is 6.15. The van der Waals surface area contributed by atoms with Crippen molar-refractivity contribution in [1.82, 2.24) is 4.81 Å². The smallest absolute Gasteiger partial charge is 0.230 e. The van der Waals surface area contributed by atoms with Crippen molar-refractivity contribution < 1.29 is 4.79 Å². The molecule has 0 bridgehead atoms. The van der Waals surface area contributed by atoms with E-state index < -0.39 is 0 Å². The van der Waals surface area contributed by atoms with Crippen LogP contribution in [-0.4, -0.2) is 25.2 Å². The minimum Gasteiger partial charge on any atom is -0.397 e. The van der Waals surface area contributed by atoms with E-state index in [9.17, 15) is 4.79 Å². The molecule has 0 N–H and O–H groups in total. The van der Waals surface area contributed by atoms with Crippen molar-refractivity contribution in [3.05, 3.63) is 0 Å². The van der Waals surface area contributed by atoms with Gasteiger partial charge in [-0.1, -0.05) is 6.92 Å². The van der Waals surface area contributed by atoms with Crippen LogP contribution in [-0.2, 0) is 4.79 Å². The summed E-state index contributed by atoms with van der Waals surface area (Å²) in [6.07, 6.45) is 4.39. The molecule has 0 aromatic heterocycles. The van der Waals surface area contributed by atoms with Crippen LogP contribution in [0.1, 0.15) is 39.5 Å². The maximum atomic E-state index is 11.6. The predicted octanol–water partition coefficient (Wildman–Crippen LogP) is 1.74. The van der Waals surface area contributed by atoms with Gasteiger partial charge in [-0.3, -0.25) is 4.79 Å². The summed E-state index contributed by atoms with van der Waals surface area (Å²) in [4.78, 5) is 13.0. The van der Waals surface area contributed by atoms with Gasteiger partial charge in [-0.25, -0.2) is 0 Å². The Morgan fingerprint density at radius 3 is 2.38 bits per heavy atom. The summed E-state index contributed by atoms with van der Waals surface area (Å²) >= 11 is 0. The molecule has 1 saturated carbocycles. The van der Waals surface area contributed by atoms with Crippen molar-refractivity contribution >= 4 is 13.9 Å². The van der Waals surface area contributed by atoms with Crippen LogP contribution < -0.4 is 0 Å². The van der Waals surface area contributed by atoms with E-state index in [0.29, 0.717) is 6.54 Å². The maximum Gasteiger partial charge on any atom is 0.230 e. The molecule has 0 spiro atoms. The molecule has 0 saturated heterocycles. The Labute approximate surface area is 82.1 Å². The normalized spacial score (nSPS) is 28.5. The fourth-order valence-electron chi connectivity index (χ4n) is 1.90. The van der Waals surface area contributed by atoms with Crippen molar-refractivity contribution in [2.75, 3.05) is 6.54 Å². The van der Waals surface area contributed by atoms with Gasteiger partial charge in [-0.15, -0.1) is 0 Å². The highest BCUT2D eigenvalue weighted by Gasteiger charge is 2.25. The molecule has 13 heavy (non-hydrogen) atoms. The lowest BCUT2D eigenvalue weighted by Gasteiger charge is -2.28. The second-order valence-corrected chi connectivity index (χ2v) is 4.08. The largest absolute Gasteiger partial charge is 0.397 e. The first-order valence-corrected chi connectivity index (χ1v) is 5.21. The SMILES string of the molecule is [B]N(CC)C(=O)C1CCC(C)CC1. The van der Waals surface area contributed by atoms with Crippen LogP contribution in [0.3, 0.4) is 0 Å². The fourth-order valence-corrected chi connectivity index (χ4v) is 1.90. The molecule has 0 heterocycles. The molecule has 3 heteroatoms. The Morgan fingerprint density at radius 2 is 1.92 bits per heavy atom. The second kappa shape index (κ2) is 4.68. The Balaban J connectivity index is 2.40. The number of rotatable bonds is 2. The van der Waals surface area contributed by atoms with E-state index in [0.717, 1.165) is 18.8 Å². The molecule has 2 radical (unpaired) electrons. The van der Waals surface area contributed by atoms with Gasteiger partial charge in [0, 0.05) is 12.5 Å². The van der Waals surface area contributed by atoms with Crippen molar-refractivity contribution in [2.45, 2.75) is 39.5 Å². The van der Waals surface area contributed by atoms with Crippen LogP contribution >= 0.6 is 0 Å². The maximum absolute atomic E-state index is 11.6. The van der Waals surface area contributed by atoms with Crippen LogP contribution in [0.4, 0.5) is 0 Å². The molecule has 1 aliphatic carbocycles. The summed E-state index contributed by atoms with van der Waals surface area (Å²) in [7, 11) is 5.57. The second-order valence-electron chi connectivity index (χ2n) is 4.08. The van der Waals surface area contributed by atoms with E-state index in [1.54, 1.807) is 0 Å². The zero-order valence-corrected chi connectivity index (χ0v) is 8.62. The van der Waals surface area contributed by atoms with Crippen molar-refractivity contribution in [2.24, 2.45) is 11.8 Å². The van der Waals surface area contributed by atoms with E-state index in [4.69, 9.17) is 7.98 Å². The van der Waals surface area contributed by atoms with E-state index in [1.807, 2.05) is 6.92 Å². The third kappa shape index (κ3) is 2.75. The molecule has 72 valence electrons. The highest BCUT2D eigenvalue weighted by Crippen LogP contribution is 2.29. The zero-order valence-electron chi connectivity index (χ0n) is 8.62. The molecular formula is C10H18BNO. The van der Waals surface area contributed by atoms with Gasteiger partial charge < -0.3 is 4.81 Å². The molecule has 0 aromatic carbocycles. The summed E-state index contributed by atoms with van der Waals surface area (Å²) in [6, 6.07) is 0. The van der Waals surface area contributed by atoms with Gasteiger partial charge in [0.2, 0.25) is 13.9 Å². The Bertz CT molecular complexity index is 176. The predicted molar refractivity (Wildman–Crippen MR) is 54.3 cm³/mol. The minimum absolute atomic E-state index is 0.134. The van der Waals surface area contributed by atoms with E-state index in [-0.39, 0.29) is 11.8 Å². The van der Waals surface area contributed by atoms with Crippen molar-refractivity contribution in [3.8, 4) is 0 Å². The van der Waals surface area contributed by atoms with Gasteiger partial charge in [0.1, 0.15) is 0 Å². The third-order valence-corrected chi connectivity index (χ3v) is 2.99. The summed E-state index contributed by atoms with van der Waals surface area (Å²) in [5, 5.41) is 0. The third-order valence-electron chi connectivity index (χ3n) is 2.99. The topological polar surface area (TPSA) is 20.3 Å². The summed E-state index contributed by atoms with van der Waals surface area (Å²) in [5.74, 6) is 1.12. The van der Waals surface area contributed by atoms with Crippen LogP contribution in [0, 0.1) is 11.8 Å². The summed E-state index contributed by atoms with van der Waals surface area (Å²) in [6.45, 7) is 4.77. The van der Waals surface area contributed by atoms with Gasteiger partial charge in [-0.2, -0.15) is 0 Å². The number of hydrogen-bond acceptors (Lipinski definition) is 1. The zero-order chi connectivity index (χ0) is 9.84. The van der Waals surface area contributed by atoms with E-state index in [1.165, 1.54) is 17.7 Å². The molecule has 1 fully saturated rings. The van der Waals surface area contributed by atoms with E-state index in [2.05, 4.69) is 6.92 Å². The van der Waals surface area contributed by atoms with Crippen molar-refractivity contribution in [1.29, 1.82) is 0 Å². The number of nitrogens with zero attached hydrogens (tertiary/aromatic N) is 1. The highest BCUT2D eigenvalue weighted by molar-refractivity contribution is 6.14.